The average molecular weight is 210 g/mol. The van der Waals surface area contributed by atoms with Gasteiger partial charge in [-0.05, 0) is 0 Å². The molecule has 0 saturated carbocycles. The van der Waals surface area contributed by atoms with E-state index in [1.54, 1.807) is 0 Å². The van der Waals surface area contributed by atoms with Crippen molar-refractivity contribution in [3.8, 4) is 0 Å². The molecule has 15 heavy (non-hydrogen) atoms. The fourth-order valence-corrected chi connectivity index (χ4v) is 1.25. The second kappa shape index (κ2) is 2.70. The molecule has 0 aliphatic carbocycles. The Kier molecular flexibility index (Phi) is 1.62. The summed E-state index contributed by atoms with van der Waals surface area (Å²) in [6.45, 7) is 0. The zero-order valence-electron chi connectivity index (χ0n) is 7.30. The van der Waals surface area contributed by atoms with E-state index >= 15 is 0 Å². The lowest BCUT2D eigenvalue weighted by molar-refractivity contribution is -0.382. The number of nitrogen functional groups attached to an aromatic ring is 2. The highest BCUT2D eigenvalue weighted by atomic mass is 16.6. The molecule has 0 aliphatic heterocycles. The Bertz CT molecular complexity index is 611. The summed E-state index contributed by atoms with van der Waals surface area (Å²) in [4.78, 5) is 23.2. The average Bonchev–Trinajstić information content (AvgIpc) is 2.41. The molecule has 2 aromatic rings. The van der Waals surface area contributed by atoms with E-state index in [1.807, 2.05) is 0 Å². The minimum Gasteiger partial charge on any atom is -0.383 e. The number of hydrogen-bond acceptors (Lipinski definition) is 6. The van der Waals surface area contributed by atoms with Gasteiger partial charge in [0.15, 0.2) is 0 Å². The van der Waals surface area contributed by atoms with Crippen molar-refractivity contribution in [1.82, 2.24) is 14.6 Å². The number of H-pyrrole nitrogens is 1. The maximum absolute atomic E-state index is 11.0. The van der Waals surface area contributed by atoms with Crippen LogP contribution in [0, 0.1) is 10.1 Å². The predicted molar refractivity (Wildman–Crippen MR) is 51.3 cm³/mol. The molecule has 0 saturated heterocycles. The van der Waals surface area contributed by atoms with Crippen molar-refractivity contribution in [1.29, 1.82) is 0 Å². The van der Waals surface area contributed by atoms with Crippen molar-refractivity contribution in [2.45, 2.75) is 0 Å². The number of nitrogens with one attached hydrogen (secondary N) is 1. The van der Waals surface area contributed by atoms with Gasteiger partial charge in [-0.15, -0.1) is 5.10 Å². The Hall–Kier alpha value is -2.58. The lowest BCUT2D eigenvalue weighted by Crippen LogP contribution is -2.11. The van der Waals surface area contributed by atoms with Crippen LogP contribution in [-0.2, 0) is 0 Å². The number of nitrogens with two attached hydrogens (primary N) is 2. The number of hydrogen-bond donors (Lipinski definition) is 3. The van der Waals surface area contributed by atoms with Gasteiger partial charge < -0.3 is 16.5 Å². The number of rotatable bonds is 1. The molecule has 0 amide bonds. The van der Waals surface area contributed by atoms with Crippen molar-refractivity contribution in [3.05, 3.63) is 26.5 Å². The summed E-state index contributed by atoms with van der Waals surface area (Å²) in [5.41, 5.74) is 9.63. The number of aromatic nitrogens is 3. The summed E-state index contributed by atoms with van der Waals surface area (Å²) >= 11 is 0. The summed E-state index contributed by atoms with van der Waals surface area (Å²) in [7, 11) is 0. The van der Waals surface area contributed by atoms with Gasteiger partial charge in [0, 0.05) is 6.07 Å². The van der Waals surface area contributed by atoms with E-state index in [9.17, 15) is 14.9 Å². The van der Waals surface area contributed by atoms with Gasteiger partial charge in [-0.1, -0.05) is 0 Å². The third-order valence-electron chi connectivity index (χ3n) is 1.83. The Morgan fingerprint density at radius 1 is 1.53 bits per heavy atom. The Morgan fingerprint density at radius 2 is 2.20 bits per heavy atom. The number of aromatic amines is 1. The van der Waals surface area contributed by atoms with Crippen LogP contribution >= 0.6 is 0 Å². The summed E-state index contributed by atoms with van der Waals surface area (Å²) in [5, 5.41) is 14.3. The fourth-order valence-electron chi connectivity index (χ4n) is 1.25. The standard InChI is InChI=1S/C6H6N6O3/c7-2-1-3(13)9-6-4(12(14)15)5(8)10-11(2)6/h1H,7H2,(H2,8,10)(H,9,13). The van der Waals surface area contributed by atoms with Crippen LogP contribution in [0.25, 0.3) is 5.65 Å². The van der Waals surface area contributed by atoms with Crippen LogP contribution in [0.2, 0.25) is 0 Å². The molecular formula is C6H6N6O3. The Labute approximate surface area is 81.5 Å². The van der Waals surface area contributed by atoms with Gasteiger partial charge in [-0.25, -0.2) is 0 Å². The first-order valence-corrected chi connectivity index (χ1v) is 3.82. The van der Waals surface area contributed by atoms with Gasteiger partial charge in [-0.2, -0.15) is 4.52 Å². The molecule has 0 aromatic carbocycles. The van der Waals surface area contributed by atoms with Crippen LogP contribution in [-0.4, -0.2) is 19.5 Å². The monoisotopic (exact) mass is 210 g/mol. The quantitative estimate of drug-likeness (QED) is 0.410. The summed E-state index contributed by atoms with van der Waals surface area (Å²) < 4.78 is 1.01. The number of anilines is 2. The SMILES string of the molecule is Nc1nn2c(N)cc(=O)[nH]c2c1[N+](=O)[O-]. The molecule has 0 aliphatic rings. The maximum atomic E-state index is 11.0. The number of fused-ring (bicyclic) bond motifs is 1. The molecule has 0 spiro atoms. The minimum atomic E-state index is -0.729. The van der Waals surface area contributed by atoms with Crippen molar-refractivity contribution >= 4 is 23.0 Å². The molecule has 0 atom stereocenters. The molecule has 5 N–H and O–H groups in total. The first-order valence-electron chi connectivity index (χ1n) is 3.82. The van der Waals surface area contributed by atoms with Gasteiger partial charge in [0.2, 0.25) is 11.5 Å². The summed E-state index contributed by atoms with van der Waals surface area (Å²) in [6, 6.07) is 1.06. The van der Waals surface area contributed by atoms with E-state index in [2.05, 4.69) is 10.1 Å². The zero-order chi connectivity index (χ0) is 11.2. The highest BCUT2D eigenvalue weighted by Crippen LogP contribution is 2.24. The van der Waals surface area contributed by atoms with Crippen molar-refractivity contribution in [2.24, 2.45) is 0 Å². The second-order valence-corrected chi connectivity index (χ2v) is 2.81. The van der Waals surface area contributed by atoms with Gasteiger partial charge in [-0.3, -0.25) is 14.9 Å². The third kappa shape index (κ3) is 1.17. The molecule has 78 valence electrons. The molecule has 2 aromatic heterocycles. The molecular weight excluding hydrogens is 204 g/mol. The second-order valence-electron chi connectivity index (χ2n) is 2.81. The van der Waals surface area contributed by atoms with E-state index < -0.39 is 16.2 Å². The van der Waals surface area contributed by atoms with E-state index in [-0.39, 0.29) is 17.3 Å². The topological polar surface area (TPSA) is 145 Å². The molecule has 2 rings (SSSR count). The lowest BCUT2D eigenvalue weighted by atomic mass is 10.5. The van der Waals surface area contributed by atoms with Crippen molar-refractivity contribution in [3.63, 3.8) is 0 Å². The molecule has 9 nitrogen and oxygen atoms in total. The van der Waals surface area contributed by atoms with E-state index in [1.165, 1.54) is 0 Å². The fraction of sp³-hybridized carbons (Fsp3) is 0. The maximum Gasteiger partial charge on any atom is 0.355 e. The van der Waals surface area contributed by atoms with Crippen LogP contribution in [0.5, 0.6) is 0 Å². The molecule has 0 fully saturated rings. The van der Waals surface area contributed by atoms with Crippen molar-refractivity contribution in [2.75, 3.05) is 11.5 Å². The van der Waals surface area contributed by atoms with Gasteiger partial charge in [0.25, 0.3) is 5.56 Å². The third-order valence-corrected chi connectivity index (χ3v) is 1.83. The molecule has 0 unspecified atom stereocenters. The molecule has 2 heterocycles. The number of nitrogens with zero attached hydrogens (tertiary/aromatic N) is 3. The van der Waals surface area contributed by atoms with E-state index in [0.717, 1.165) is 10.6 Å². The summed E-state index contributed by atoms with van der Waals surface area (Å²) in [5.74, 6) is -0.317. The first kappa shape index (κ1) is 8.99. The molecule has 0 radical (unpaired) electrons. The highest BCUT2D eigenvalue weighted by molar-refractivity contribution is 5.72. The van der Waals surface area contributed by atoms with Gasteiger partial charge >= 0.3 is 5.69 Å². The molecule has 9 heteroatoms. The van der Waals surface area contributed by atoms with Crippen LogP contribution in [0.3, 0.4) is 0 Å². The first-order chi connectivity index (χ1) is 7.00. The van der Waals surface area contributed by atoms with Crippen LogP contribution < -0.4 is 17.0 Å². The Morgan fingerprint density at radius 3 is 2.80 bits per heavy atom. The van der Waals surface area contributed by atoms with Crippen LogP contribution in [0.1, 0.15) is 0 Å². The van der Waals surface area contributed by atoms with Crippen LogP contribution in [0.15, 0.2) is 10.9 Å². The lowest BCUT2D eigenvalue weighted by Gasteiger charge is -1.95. The highest BCUT2D eigenvalue weighted by Gasteiger charge is 2.23. The zero-order valence-corrected chi connectivity index (χ0v) is 7.30. The Balaban J connectivity index is 2.99. The van der Waals surface area contributed by atoms with E-state index in [0.29, 0.717) is 0 Å². The van der Waals surface area contributed by atoms with Crippen molar-refractivity contribution < 1.29 is 4.92 Å². The molecule has 0 bridgehead atoms. The van der Waals surface area contributed by atoms with Crippen LogP contribution in [0.4, 0.5) is 17.3 Å². The van der Waals surface area contributed by atoms with Gasteiger partial charge in [0.05, 0.1) is 4.92 Å². The smallest absolute Gasteiger partial charge is 0.355 e. The normalized spacial score (nSPS) is 10.7. The largest absolute Gasteiger partial charge is 0.383 e. The van der Waals surface area contributed by atoms with E-state index in [4.69, 9.17) is 11.5 Å². The van der Waals surface area contributed by atoms with Gasteiger partial charge in [0.1, 0.15) is 5.82 Å². The number of nitro groups is 1. The predicted octanol–water partition coefficient (Wildman–Crippen LogP) is -0.905. The minimum absolute atomic E-state index is 0.0199. The summed E-state index contributed by atoms with van der Waals surface area (Å²) in [6.07, 6.45) is 0.